The van der Waals surface area contributed by atoms with Crippen LogP contribution >= 0.6 is 12.2 Å². The molecule has 0 fully saturated rings. The molecule has 0 amide bonds. The summed E-state index contributed by atoms with van der Waals surface area (Å²) in [6.07, 6.45) is -3.67. The molecular weight excluding hydrogens is 275 g/mol. The van der Waals surface area contributed by atoms with Crippen LogP contribution < -0.4 is 11.1 Å². The molecule has 3 N–H and O–H groups in total. The molecule has 0 saturated heterocycles. The normalized spacial score (nSPS) is 11.7. The average molecular weight is 291 g/mol. The number of nitrogens with one attached hydrogen (secondary N) is 1. The van der Waals surface area contributed by atoms with E-state index in [-0.39, 0.29) is 10.8 Å². The minimum Gasteiger partial charge on any atom is -0.389 e. The highest BCUT2D eigenvalue weighted by Crippen LogP contribution is 2.29. The van der Waals surface area contributed by atoms with Gasteiger partial charge in [-0.05, 0) is 24.5 Å². The van der Waals surface area contributed by atoms with Crippen LogP contribution in [0.2, 0.25) is 0 Å². The third kappa shape index (κ3) is 4.66. The predicted octanol–water partition coefficient (Wildman–Crippen LogP) is 3.19. The molecule has 0 radical (unpaired) electrons. The fourth-order valence-corrected chi connectivity index (χ4v) is 1.59. The minimum absolute atomic E-state index is 0.0215. The van der Waals surface area contributed by atoms with Crippen LogP contribution in [0.5, 0.6) is 0 Å². The Hall–Kier alpha value is -1.37. The summed E-state index contributed by atoms with van der Waals surface area (Å²) in [7, 11) is 0. The summed E-state index contributed by atoms with van der Waals surface area (Å²) in [5, 5.41) is 2.86. The van der Waals surface area contributed by atoms with E-state index < -0.39 is 11.9 Å². The van der Waals surface area contributed by atoms with Gasteiger partial charge in [0.2, 0.25) is 0 Å². The molecule has 0 aliphatic carbocycles. The zero-order valence-electron chi connectivity index (χ0n) is 10.7. The van der Waals surface area contributed by atoms with Gasteiger partial charge in [0.25, 0.3) is 0 Å². The highest BCUT2D eigenvalue weighted by atomic mass is 32.1. The van der Waals surface area contributed by atoms with Crippen LogP contribution in [0.4, 0.5) is 19.0 Å². The first-order chi connectivity index (χ1) is 8.71. The Morgan fingerprint density at radius 2 is 2.05 bits per heavy atom. The second-order valence-corrected chi connectivity index (χ2v) is 5.00. The average Bonchev–Trinajstić information content (AvgIpc) is 2.26. The molecule has 0 saturated carbocycles. The van der Waals surface area contributed by atoms with Crippen LogP contribution in [0.1, 0.15) is 31.5 Å². The maximum Gasteiger partial charge on any atom is 0.433 e. The first-order valence-corrected chi connectivity index (χ1v) is 6.24. The van der Waals surface area contributed by atoms with Crippen LogP contribution in [0.3, 0.4) is 0 Å². The second kappa shape index (κ2) is 6.18. The number of aromatic nitrogens is 1. The number of rotatable bonds is 5. The van der Waals surface area contributed by atoms with E-state index in [1.165, 1.54) is 6.07 Å². The van der Waals surface area contributed by atoms with E-state index in [4.69, 9.17) is 18.0 Å². The number of hydrogen-bond acceptors (Lipinski definition) is 3. The van der Waals surface area contributed by atoms with Crippen molar-refractivity contribution in [2.24, 2.45) is 11.7 Å². The Bertz CT molecular complexity index is 458. The Morgan fingerprint density at radius 1 is 1.42 bits per heavy atom. The predicted molar refractivity (Wildman–Crippen MR) is 73.1 cm³/mol. The molecule has 7 heteroatoms. The van der Waals surface area contributed by atoms with Crippen molar-refractivity contribution in [3.05, 3.63) is 23.4 Å². The van der Waals surface area contributed by atoms with E-state index in [2.05, 4.69) is 10.3 Å². The molecule has 0 aliphatic rings. The van der Waals surface area contributed by atoms with Gasteiger partial charge in [-0.15, -0.1) is 0 Å². The van der Waals surface area contributed by atoms with Gasteiger partial charge >= 0.3 is 6.18 Å². The van der Waals surface area contributed by atoms with E-state index in [1.54, 1.807) is 0 Å². The monoisotopic (exact) mass is 291 g/mol. The van der Waals surface area contributed by atoms with Gasteiger partial charge in [0.15, 0.2) is 0 Å². The highest BCUT2D eigenvalue weighted by Gasteiger charge is 2.33. The Balaban J connectivity index is 2.99. The van der Waals surface area contributed by atoms with Crippen molar-refractivity contribution < 1.29 is 13.2 Å². The molecule has 0 bridgehead atoms. The van der Waals surface area contributed by atoms with Crippen LogP contribution in [0.15, 0.2) is 12.1 Å². The van der Waals surface area contributed by atoms with Crippen molar-refractivity contribution in [3.63, 3.8) is 0 Å². The summed E-state index contributed by atoms with van der Waals surface area (Å²) >= 11 is 4.80. The molecule has 3 nitrogen and oxygen atoms in total. The van der Waals surface area contributed by atoms with E-state index in [9.17, 15) is 13.2 Å². The van der Waals surface area contributed by atoms with Crippen molar-refractivity contribution >= 4 is 23.0 Å². The molecule has 0 spiro atoms. The summed E-state index contributed by atoms with van der Waals surface area (Å²) in [6.45, 7) is 4.56. The van der Waals surface area contributed by atoms with Gasteiger partial charge in [-0.1, -0.05) is 26.1 Å². The van der Waals surface area contributed by atoms with Gasteiger partial charge in [0, 0.05) is 6.54 Å². The zero-order valence-corrected chi connectivity index (χ0v) is 11.5. The molecule has 1 aromatic heterocycles. The van der Waals surface area contributed by atoms with Gasteiger partial charge in [-0.2, -0.15) is 13.2 Å². The second-order valence-electron chi connectivity index (χ2n) is 4.56. The van der Waals surface area contributed by atoms with E-state index in [1.807, 2.05) is 13.8 Å². The Labute approximate surface area is 115 Å². The van der Waals surface area contributed by atoms with Gasteiger partial charge in [0.1, 0.15) is 16.5 Å². The van der Waals surface area contributed by atoms with Crippen molar-refractivity contribution in [1.82, 2.24) is 4.98 Å². The molecule has 19 heavy (non-hydrogen) atoms. The topological polar surface area (TPSA) is 50.9 Å². The molecule has 1 aromatic rings. The lowest BCUT2D eigenvalue weighted by Gasteiger charge is -2.14. The molecule has 1 heterocycles. The van der Waals surface area contributed by atoms with Gasteiger partial charge < -0.3 is 11.1 Å². The lowest BCUT2D eigenvalue weighted by atomic mass is 10.1. The minimum atomic E-state index is -4.48. The summed E-state index contributed by atoms with van der Waals surface area (Å²) in [5.41, 5.74) is 4.84. The molecule has 0 atom stereocenters. The fraction of sp³-hybridized carbons (Fsp3) is 0.500. The summed E-state index contributed by atoms with van der Waals surface area (Å²) in [5.74, 6) is 0.523. The van der Waals surface area contributed by atoms with E-state index in [0.717, 1.165) is 12.5 Å². The first kappa shape index (κ1) is 15.7. The highest BCUT2D eigenvalue weighted by molar-refractivity contribution is 7.80. The Kier molecular flexibility index (Phi) is 5.11. The van der Waals surface area contributed by atoms with Crippen molar-refractivity contribution in [2.45, 2.75) is 26.4 Å². The summed E-state index contributed by atoms with van der Waals surface area (Å²) < 4.78 is 37.8. The number of nitrogens with zero attached hydrogens (tertiary/aromatic N) is 1. The number of nitrogens with two attached hydrogens (primary N) is 1. The van der Waals surface area contributed by atoms with Crippen LogP contribution in [0, 0.1) is 5.92 Å². The van der Waals surface area contributed by atoms with Crippen molar-refractivity contribution in [3.8, 4) is 0 Å². The zero-order chi connectivity index (χ0) is 14.6. The molecule has 0 unspecified atom stereocenters. The van der Waals surface area contributed by atoms with Crippen LogP contribution in [-0.4, -0.2) is 16.5 Å². The van der Waals surface area contributed by atoms with E-state index in [0.29, 0.717) is 18.0 Å². The third-order valence-electron chi connectivity index (χ3n) is 2.47. The SMILES string of the molecule is CC(C)CCNc1nc(C(F)(F)F)ccc1C(N)=S. The number of alkyl halides is 3. The van der Waals surface area contributed by atoms with Crippen molar-refractivity contribution in [2.75, 3.05) is 11.9 Å². The number of halogens is 3. The maximum absolute atomic E-state index is 12.6. The number of hydrogen-bond donors (Lipinski definition) is 2. The fourth-order valence-electron chi connectivity index (χ4n) is 1.43. The maximum atomic E-state index is 12.6. The van der Waals surface area contributed by atoms with Gasteiger partial charge in [-0.3, -0.25) is 0 Å². The Morgan fingerprint density at radius 3 is 2.53 bits per heavy atom. The standard InChI is InChI=1S/C12H16F3N3S/c1-7(2)5-6-17-11-8(10(16)19)3-4-9(18-11)12(13,14)15/h3-4,7H,5-6H2,1-2H3,(H2,16,19)(H,17,18). The van der Waals surface area contributed by atoms with Gasteiger partial charge in [-0.25, -0.2) is 4.98 Å². The van der Waals surface area contributed by atoms with E-state index >= 15 is 0 Å². The summed E-state index contributed by atoms with van der Waals surface area (Å²) in [6, 6.07) is 2.12. The third-order valence-corrected chi connectivity index (χ3v) is 2.69. The van der Waals surface area contributed by atoms with Crippen molar-refractivity contribution in [1.29, 1.82) is 0 Å². The largest absolute Gasteiger partial charge is 0.433 e. The molecule has 0 aliphatic heterocycles. The smallest absolute Gasteiger partial charge is 0.389 e. The number of pyridine rings is 1. The van der Waals surface area contributed by atoms with Crippen LogP contribution in [0.25, 0.3) is 0 Å². The van der Waals surface area contributed by atoms with Crippen LogP contribution in [-0.2, 0) is 6.18 Å². The lowest BCUT2D eigenvalue weighted by molar-refractivity contribution is -0.141. The number of thiocarbonyl (C=S) groups is 1. The molecule has 106 valence electrons. The van der Waals surface area contributed by atoms with Gasteiger partial charge in [0.05, 0.1) is 5.56 Å². The molecule has 0 aromatic carbocycles. The quantitative estimate of drug-likeness (QED) is 0.818. The lowest BCUT2D eigenvalue weighted by Crippen LogP contribution is -2.18. The summed E-state index contributed by atoms with van der Waals surface area (Å²) in [4.78, 5) is 3.58. The number of anilines is 1. The molecule has 1 rings (SSSR count). The molecular formula is C12H16F3N3S. The first-order valence-electron chi connectivity index (χ1n) is 5.83.